The van der Waals surface area contributed by atoms with E-state index in [1.54, 1.807) is 21.3 Å². The van der Waals surface area contributed by atoms with Crippen molar-refractivity contribution in [2.45, 2.75) is 26.9 Å². The molecule has 0 aliphatic carbocycles. The molecule has 29 heavy (non-hydrogen) atoms. The molecule has 1 heterocycles. The van der Waals surface area contributed by atoms with Gasteiger partial charge in [0, 0.05) is 39.4 Å². The number of aliphatic imine (C=N–C) groups is 1. The summed E-state index contributed by atoms with van der Waals surface area (Å²) in [4.78, 5) is 11.1. The highest BCUT2D eigenvalue weighted by molar-refractivity contribution is 14.0. The molecule has 0 radical (unpaired) electrons. The highest BCUT2D eigenvalue weighted by Gasteiger charge is 2.06. The van der Waals surface area contributed by atoms with Crippen LogP contribution < -0.4 is 25.0 Å². The van der Waals surface area contributed by atoms with Gasteiger partial charge in [-0.3, -0.25) is 4.99 Å². The van der Waals surface area contributed by atoms with Crippen molar-refractivity contribution in [3.8, 4) is 11.5 Å². The minimum absolute atomic E-state index is 0. The average Bonchev–Trinajstić information content (AvgIpc) is 2.75. The largest absolute Gasteiger partial charge is 0.493 e. The van der Waals surface area contributed by atoms with Gasteiger partial charge >= 0.3 is 0 Å². The smallest absolute Gasteiger partial charge is 0.191 e. The average molecular weight is 513 g/mol. The number of halogens is 1. The molecule has 8 heteroatoms. The summed E-state index contributed by atoms with van der Waals surface area (Å²) in [6.07, 6.45) is 1.91. The molecule has 160 valence electrons. The number of rotatable bonds is 9. The lowest BCUT2D eigenvalue weighted by Gasteiger charge is -2.19. The predicted molar refractivity (Wildman–Crippen MR) is 130 cm³/mol. The monoisotopic (exact) mass is 513 g/mol. The zero-order valence-electron chi connectivity index (χ0n) is 17.9. The Morgan fingerprint density at radius 2 is 1.59 bits per heavy atom. The van der Waals surface area contributed by atoms with Crippen LogP contribution in [0.25, 0.3) is 0 Å². The number of nitrogens with zero attached hydrogens (tertiary/aromatic N) is 3. The van der Waals surface area contributed by atoms with Crippen molar-refractivity contribution in [2.24, 2.45) is 4.99 Å². The Morgan fingerprint density at radius 3 is 2.10 bits per heavy atom. The van der Waals surface area contributed by atoms with E-state index in [1.807, 2.05) is 24.4 Å². The van der Waals surface area contributed by atoms with Crippen molar-refractivity contribution >= 4 is 35.8 Å². The number of hydrogen-bond donors (Lipinski definition) is 2. The Balaban J connectivity index is 0.00000420. The van der Waals surface area contributed by atoms with Gasteiger partial charge in [-0.25, -0.2) is 4.98 Å². The Morgan fingerprint density at radius 1 is 0.966 bits per heavy atom. The number of methoxy groups -OCH3 is 2. The number of ether oxygens (including phenoxy) is 2. The van der Waals surface area contributed by atoms with Crippen LogP contribution in [0.5, 0.6) is 11.5 Å². The van der Waals surface area contributed by atoms with Crippen molar-refractivity contribution in [3.05, 3.63) is 47.7 Å². The SMILES string of the molecule is CCN(CC)c1ccc(CNC(=NC)NCc2ccc(OC)c(OC)c2)cn1.I. The molecule has 2 N–H and O–H groups in total. The zero-order chi connectivity index (χ0) is 20.4. The molecule has 0 fully saturated rings. The molecule has 1 aromatic heterocycles. The second kappa shape index (κ2) is 13.1. The molecular weight excluding hydrogens is 481 g/mol. The number of anilines is 1. The van der Waals surface area contributed by atoms with E-state index in [2.05, 4.69) is 51.5 Å². The third kappa shape index (κ3) is 7.26. The lowest BCUT2D eigenvalue weighted by atomic mass is 10.2. The maximum atomic E-state index is 5.35. The fourth-order valence-corrected chi connectivity index (χ4v) is 2.84. The van der Waals surface area contributed by atoms with Crippen LogP contribution in [0.15, 0.2) is 41.5 Å². The summed E-state index contributed by atoms with van der Waals surface area (Å²) in [6.45, 7) is 7.45. The number of guanidine groups is 1. The van der Waals surface area contributed by atoms with Gasteiger partial charge in [0.05, 0.1) is 14.2 Å². The first kappa shape index (κ1) is 24.8. The fraction of sp³-hybridized carbons (Fsp3) is 0.429. The molecule has 2 aromatic rings. The first-order valence-corrected chi connectivity index (χ1v) is 9.50. The second-order valence-electron chi connectivity index (χ2n) is 6.17. The topological polar surface area (TPSA) is 71.0 Å². The van der Waals surface area contributed by atoms with Gasteiger partial charge in [0.25, 0.3) is 0 Å². The minimum atomic E-state index is 0. The lowest BCUT2D eigenvalue weighted by molar-refractivity contribution is 0.354. The van der Waals surface area contributed by atoms with Crippen LogP contribution in [0, 0.1) is 0 Å². The summed E-state index contributed by atoms with van der Waals surface area (Å²) < 4.78 is 10.6. The highest BCUT2D eigenvalue weighted by Crippen LogP contribution is 2.27. The number of hydrogen-bond acceptors (Lipinski definition) is 5. The third-order valence-corrected chi connectivity index (χ3v) is 4.49. The van der Waals surface area contributed by atoms with Crippen molar-refractivity contribution in [2.75, 3.05) is 39.3 Å². The van der Waals surface area contributed by atoms with Crippen LogP contribution in [0.1, 0.15) is 25.0 Å². The molecule has 1 aromatic carbocycles. The Kier molecular flexibility index (Phi) is 11.2. The van der Waals surface area contributed by atoms with Gasteiger partial charge < -0.3 is 25.0 Å². The Bertz CT molecular complexity index is 764. The molecule has 0 spiro atoms. The molecule has 2 rings (SSSR count). The van der Waals surface area contributed by atoms with Crippen LogP contribution in [0.3, 0.4) is 0 Å². The normalized spacial score (nSPS) is 10.7. The maximum Gasteiger partial charge on any atom is 0.191 e. The third-order valence-electron chi connectivity index (χ3n) is 4.49. The first-order chi connectivity index (χ1) is 13.6. The van der Waals surface area contributed by atoms with Crippen LogP contribution in [0.4, 0.5) is 5.82 Å². The van der Waals surface area contributed by atoms with E-state index in [9.17, 15) is 0 Å². The van der Waals surface area contributed by atoms with E-state index in [4.69, 9.17) is 9.47 Å². The second-order valence-corrected chi connectivity index (χ2v) is 6.17. The molecule has 0 saturated carbocycles. The summed E-state index contributed by atoms with van der Waals surface area (Å²) in [6, 6.07) is 10.0. The summed E-state index contributed by atoms with van der Waals surface area (Å²) in [5.74, 6) is 3.16. The first-order valence-electron chi connectivity index (χ1n) is 9.50. The van der Waals surface area contributed by atoms with E-state index in [0.29, 0.717) is 18.8 Å². The van der Waals surface area contributed by atoms with Gasteiger partial charge in [-0.2, -0.15) is 0 Å². The zero-order valence-corrected chi connectivity index (χ0v) is 20.2. The van der Waals surface area contributed by atoms with Gasteiger partial charge in [0.15, 0.2) is 17.5 Å². The van der Waals surface area contributed by atoms with Gasteiger partial charge in [-0.15, -0.1) is 24.0 Å². The highest BCUT2D eigenvalue weighted by atomic mass is 127. The van der Waals surface area contributed by atoms with Gasteiger partial charge in [-0.1, -0.05) is 12.1 Å². The molecule has 0 aliphatic rings. The van der Waals surface area contributed by atoms with Crippen molar-refractivity contribution in [1.82, 2.24) is 15.6 Å². The summed E-state index contributed by atoms with van der Waals surface area (Å²) in [7, 11) is 5.02. The van der Waals surface area contributed by atoms with E-state index < -0.39 is 0 Å². The summed E-state index contributed by atoms with van der Waals surface area (Å²) in [5.41, 5.74) is 2.18. The van der Waals surface area contributed by atoms with Crippen LogP contribution in [-0.2, 0) is 13.1 Å². The lowest BCUT2D eigenvalue weighted by Crippen LogP contribution is -2.36. The van der Waals surface area contributed by atoms with E-state index in [0.717, 1.165) is 41.7 Å². The van der Waals surface area contributed by atoms with Crippen LogP contribution >= 0.6 is 24.0 Å². The molecule has 0 aliphatic heterocycles. The standard InChI is InChI=1S/C21H31N5O2.HI/c1-6-26(7-2)20-11-9-17(14-23-20)15-25-21(22-3)24-13-16-8-10-18(27-4)19(12-16)28-5;/h8-12,14H,6-7,13,15H2,1-5H3,(H2,22,24,25);1H. The van der Waals surface area contributed by atoms with Gasteiger partial charge in [0.2, 0.25) is 0 Å². The number of pyridine rings is 1. The summed E-state index contributed by atoms with van der Waals surface area (Å²) >= 11 is 0. The van der Waals surface area contributed by atoms with Crippen molar-refractivity contribution in [1.29, 1.82) is 0 Å². The van der Waals surface area contributed by atoms with Crippen LogP contribution in [0.2, 0.25) is 0 Å². The molecule has 0 amide bonds. The Hall–Kier alpha value is -2.23. The minimum Gasteiger partial charge on any atom is -0.493 e. The van der Waals surface area contributed by atoms with Gasteiger partial charge in [0.1, 0.15) is 5.82 Å². The molecular formula is C21H32IN5O2. The predicted octanol–water partition coefficient (Wildman–Crippen LogP) is 3.43. The summed E-state index contributed by atoms with van der Waals surface area (Å²) in [5, 5.41) is 6.62. The number of nitrogens with one attached hydrogen (secondary N) is 2. The molecule has 0 bridgehead atoms. The van der Waals surface area contributed by atoms with E-state index >= 15 is 0 Å². The quantitative estimate of drug-likeness (QED) is 0.304. The number of benzene rings is 1. The van der Waals surface area contributed by atoms with E-state index in [-0.39, 0.29) is 24.0 Å². The van der Waals surface area contributed by atoms with Crippen molar-refractivity contribution < 1.29 is 9.47 Å². The Labute approximate surface area is 190 Å². The molecule has 0 unspecified atom stereocenters. The molecule has 7 nitrogen and oxygen atoms in total. The molecule has 0 saturated heterocycles. The fourth-order valence-electron chi connectivity index (χ4n) is 2.84. The molecule has 0 atom stereocenters. The number of aromatic nitrogens is 1. The maximum absolute atomic E-state index is 5.35. The van der Waals surface area contributed by atoms with Crippen LogP contribution in [-0.4, -0.2) is 45.3 Å². The van der Waals surface area contributed by atoms with Gasteiger partial charge in [-0.05, 0) is 43.2 Å². The van der Waals surface area contributed by atoms with E-state index in [1.165, 1.54) is 0 Å². The van der Waals surface area contributed by atoms with Crippen molar-refractivity contribution in [3.63, 3.8) is 0 Å².